The van der Waals surface area contributed by atoms with Gasteiger partial charge in [0, 0.05) is 40.1 Å². The van der Waals surface area contributed by atoms with Crippen molar-refractivity contribution in [2.75, 3.05) is 0 Å². The SMILES string of the molecule is N=C1C(=Cc2c(-c3ccc(Cl)cc3)nc3sccn23)C(=O)N=C2SC(c3cccnc3)=NN12. The lowest BCUT2D eigenvalue weighted by Gasteiger charge is -2.20. The molecule has 3 aromatic heterocycles. The zero-order valence-electron chi connectivity index (χ0n) is 16.6. The van der Waals surface area contributed by atoms with Crippen LogP contribution in [0.5, 0.6) is 0 Å². The number of hydrogen-bond acceptors (Lipinski definition) is 7. The van der Waals surface area contributed by atoms with Gasteiger partial charge in [0.2, 0.25) is 5.17 Å². The van der Waals surface area contributed by atoms with Crippen molar-refractivity contribution in [1.29, 1.82) is 5.41 Å². The van der Waals surface area contributed by atoms with Crippen molar-refractivity contribution >= 4 is 67.7 Å². The molecule has 0 saturated heterocycles. The third-order valence-electron chi connectivity index (χ3n) is 5.06. The number of carbonyl (C=O) groups is 1. The van der Waals surface area contributed by atoms with Crippen molar-refractivity contribution in [3.8, 4) is 11.3 Å². The smallest absolute Gasteiger partial charge is 0.283 e. The zero-order valence-corrected chi connectivity index (χ0v) is 19.0. The van der Waals surface area contributed by atoms with Crippen molar-refractivity contribution in [3.05, 3.63) is 82.2 Å². The minimum atomic E-state index is -0.492. The second-order valence-corrected chi connectivity index (χ2v) is 9.34. The fraction of sp³-hybridized carbons (Fsp3) is 0. The van der Waals surface area contributed by atoms with Gasteiger partial charge in [0.1, 0.15) is 5.04 Å². The van der Waals surface area contributed by atoms with Gasteiger partial charge in [-0.2, -0.15) is 15.1 Å². The number of aromatic nitrogens is 3. The highest BCUT2D eigenvalue weighted by atomic mass is 35.5. The summed E-state index contributed by atoms with van der Waals surface area (Å²) in [6.07, 6.45) is 6.90. The Kier molecular flexibility index (Phi) is 4.72. The number of fused-ring (bicyclic) bond motifs is 2. The van der Waals surface area contributed by atoms with E-state index in [1.165, 1.54) is 28.1 Å². The highest BCUT2D eigenvalue weighted by molar-refractivity contribution is 8.27. The number of nitrogens with zero attached hydrogens (tertiary/aromatic N) is 6. The zero-order chi connectivity index (χ0) is 22.5. The summed E-state index contributed by atoms with van der Waals surface area (Å²) >= 11 is 8.78. The molecule has 2 aliphatic rings. The largest absolute Gasteiger partial charge is 0.290 e. The summed E-state index contributed by atoms with van der Waals surface area (Å²) < 4.78 is 1.89. The van der Waals surface area contributed by atoms with E-state index in [1.54, 1.807) is 30.6 Å². The lowest BCUT2D eigenvalue weighted by molar-refractivity contribution is -0.114. The molecule has 0 saturated carbocycles. The average molecular weight is 490 g/mol. The van der Waals surface area contributed by atoms with Gasteiger partial charge < -0.3 is 0 Å². The number of pyridine rings is 1. The van der Waals surface area contributed by atoms with Gasteiger partial charge in [0.05, 0.1) is 17.0 Å². The molecular weight excluding hydrogens is 478 g/mol. The molecule has 0 aliphatic carbocycles. The topological polar surface area (TPSA) is 99.1 Å². The van der Waals surface area contributed by atoms with Crippen LogP contribution in [0.3, 0.4) is 0 Å². The van der Waals surface area contributed by atoms with E-state index < -0.39 is 5.91 Å². The molecule has 0 atom stereocenters. The number of carbonyl (C=O) groups excluding carboxylic acids is 1. The molecule has 0 bridgehead atoms. The lowest BCUT2D eigenvalue weighted by Crippen LogP contribution is -2.35. The minimum absolute atomic E-state index is 0.0383. The van der Waals surface area contributed by atoms with Gasteiger partial charge in [-0.05, 0) is 42.1 Å². The molecule has 33 heavy (non-hydrogen) atoms. The molecule has 11 heteroatoms. The van der Waals surface area contributed by atoms with Gasteiger partial charge in [0.25, 0.3) is 5.91 Å². The molecule has 1 aromatic carbocycles. The summed E-state index contributed by atoms with van der Waals surface area (Å²) in [5, 5.41) is 18.1. The van der Waals surface area contributed by atoms with Crippen molar-refractivity contribution in [3.63, 3.8) is 0 Å². The average Bonchev–Trinajstić information content (AvgIpc) is 3.53. The van der Waals surface area contributed by atoms with E-state index in [0.717, 1.165) is 16.1 Å². The van der Waals surface area contributed by atoms with E-state index in [0.29, 0.717) is 26.6 Å². The number of benzene rings is 1. The predicted octanol–water partition coefficient (Wildman–Crippen LogP) is 4.78. The normalized spacial score (nSPS) is 17.0. The van der Waals surface area contributed by atoms with Gasteiger partial charge in [-0.3, -0.25) is 19.6 Å². The van der Waals surface area contributed by atoms with Crippen LogP contribution in [0.2, 0.25) is 5.02 Å². The molecular formula is C22H12ClN7OS2. The Morgan fingerprint density at radius 2 is 1.97 bits per heavy atom. The van der Waals surface area contributed by atoms with E-state index >= 15 is 0 Å². The Bertz CT molecular complexity index is 1530. The first-order valence-corrected chi connectivity index (χ1v) is 11.8. The number of amides is 1. The molecule has 0 fully saturated rings. The number of thioether (sulfide) groups is 1. The number of hydrazone groups is 1. The quantitative estimate of drug-likeness (QED) is 0.417. The number of amidine groups is 2. The van der Waals surface area contributed by atoms with Crippen LogP contribution in [-0.4, -0.2) is 41.3 Å². The number of hydrogen-bond donors (Lipinski definition) is 1. The molecule has 0 unspecified atom stereocenters. The van der Waals surface area contributed by atoms with Crippen LogP contribution in [0.4, 0.5) is 0 Å². The van der Waals surface area contributed by atoms with Crippen molar-refractivity contribution in [1.82, 2.24) is 19.4 Å². The number of rotatable bonds is 3. The summed E-state index contributed by atoms with van der Waals surface area (Å²) in [5.41, 5.74) is 3.17. The Morgan fingerprint density at radius 1 is 1.12 bits per heavy atom. The highest BCUT2D eigenvalue weighted by Crippen LogP contribution is 2.33. The number of thiazole rings is 1. The van der Waals surface area contributed by atoms with Crippen molar-refractivity contribution in [2.45, 2.75) is 0 Å². The summed E-state index contributed by atoms with van der Waals surface area (Å²) in [6, 6.07) is 11.0. The molecule has 5 heterocycles. The maximum atomic E-state index is 12.9. The number of nitrogens with one attached hydrogen (secondary N) is 1. The van der Waals surface area contributed by atoms with E-state index in [1.807, 2.05) is 40.2 Å². The van der Waals surface area contributed by atoms with Crippen LogP contribution in [0.15, 0.2) is 76.0 Å². The summed E-state index contributed by atoms with van der Waals surface area (Å²) in [4.78, 5) is 26.8. The summed E-state index contributed by atoms with van der Waals surface area (Å²) in [6.45, 7) is 0. The fourth-order valence-electron chi connectivity index (χ4n) is 3.50. The lowest BCUT2D eigenvalue weighted by atomic mass is 10.1. The van der Waals surface area contributed by atoms with Crippen LogP contribution in [-0.2, 0) is 4.79 Å². The second kappa shape index (κ2) is 7.77. The Labute approximate surface area is 200 Å². The van der Waals surface area contributed by atoms with Crippen molar-refractivity contribution < 1.29 is 4.79 Å². The Balaban J connectivity index is 1.45. The van der Waals surface area contributed by atoms with Crippen molar-refractivity contribution in [2.24, 2.45) is 10.1 Å². The predicted molar refractivity (Wildman–Crippen MR) is 132 cm³/mol. The number of imidazole rings is 1. The van der Waals surface area contributed by atoms with Gasteiger partial charge in [0.15, 0.2) is 10.8 Å². The van der Waals surface area contributed by atoms with Crippen LogP contribution in [0, 0.1) is 5.41 Å². The molecule has 0 spiro atoms. The van der Waals surface area contributed by atoms with Crippen LogP contribution in [0.25, 0.3) is 22.3 Å². The molecule has 0 radical (unpaired) electrons. The molecule has 6 rings (SSSR count). The first kappa shape index (κ1) is 20.0. The fourth-order valence-corrected chi connectivity index (χ4v) is 5.22. The maximum Gasteiger partial charge on any atom is 0.283 e. The Morgan fingerprint density at radius 3 is 2.76 bits per heavy atom. The van der Waals surface area contributed by atoms with E-state index in [-0.39, 0.29) is 11.4 Å². The van der Waals surface area contributed by atoms with Gasteiger partial charge in [-0.15, -0.1) is 11.3 Å². The standard InChI is InChI=1S/C22H12ClN7OS2/c23-14-5-3-12(4-6-14)17-16(29-8-9-32-21(29)26-17)10-15-18(24)30-22(27-19(15)31)33-20(28-30)13-2-1-7-25-11-13/h1-11,24H. The van der Waals surface area contributed by atoms with Crippen LogP contribution < -0.4 is 0 Å². The third-order valence-corrected chi connectivity index (χ3v) is 7.03. The highest BCUT2D eigenvalue weighted by Gasteiger charge is 2.36. The molecule has 160 valence electrons. The molecule has 1 amide bonds. The first-order chi connectivity index (χ1) is 16.1. The second-order valence-electron chi connectivity index (χ2n) is 7.07. The maximum absolute atomic E-state index is 12.9. The molecule has 8 nitrogen and oxygen atoms in total. The van der Waals surface area contributed by atoms with Gasteiger partial charge >= 0.3 is 0 Å². The molecule has 1 N–H and O–H groups in total. The minimum Gasteiger partial charge on any atom is -0.290 e. The number of halogens is 1. The summed E-state index contributed by atoms with van der Waals surface area (Å²) in [7, 11) is 0. The van der Waals surface area contributed by atoms with Gasteiger partial charge in [-0.25, -0.2) is 4.98 Å². The summed E-state index contributed by atoms with van der Waals surface area (Å²) in [5.74, 6) is -0.530. The van der Waals surface area contributed by atoms with E-state index in [2.05, 4.69) is 15.1 Å². The van der Waals surface area contributed by atoms with E-state index in [9.17, 15) is 4.79 Å². The molecule has 4 aromatic rings. The van der Waals surface area contributed by atoms with Gasteiger partial charge in [-0.1, -0.05) is 23.7 Å². The molecule has 2 aliphatic heterocycles. The number of aliphatic imine (C=N–C) groups is 1. The van der Waals surface area contributed by atoms with Crippen LogP contribution in [0.1, 0.15) is 11.3 Å². The van der Waals surface area contributed by atoms with E-state index in [4.69, 9.17) is 22.0 Å². The van der Waals surface area contributed by atoms with Crippen LogP contribution >= 0.6 is 34.7 Å². The Hall–Kier alpha value is -3.60. The third kappa shape index (κ3) is 3.39. The monoisotopic (exact) mass is 489 g/mol. The first-order valence-electron chi connectivity index (χ1n) is 9.70.